The second kappa shape index (κ2) is 6.52. The number of allylic oxidation sites excluding steroid dienone is 1. The fourth-order valence-electron chi connectivity index (χ4n) is 3.48. The van der Waals surface area contributed by atoms with Crippen LogP contribution in [0, 0.1) is 0 Å². The van der Waals surface area contributed by atoms with Gasteiger partial charge in [-0.1, -0.05) is 18.2 Å². The van der Waals surface area contributed by atoms with Gasteiger partial charge in [0.05, 0.1) is 11.7 Å². The Morgan fingerprint density at radius 3 is 2.86 bits per heavy atom. The van der Waals surface area contributed by atoms with Gasteiger partial charge in [0.15, 0.2) is 0 Å². The molecule has 0 radical (unpaired) electrons. The molecule has 144 valence electrons. The highest BCUT2D eigenvalue weighted by atomic mass is 16.3. The molecule has 0 saturated carbocycles. The van der Waals surface area contributed by atoms with E-state index in [-0.39, 0.29) is 0 Å². The van der Waals surface area contributed by atoms with E-state index in [0.29, 0.717) is 17.1 Å². The van der Waals surface area contributed by atoms with E-state index >= 15 is 0 Å². The summed E-state index contributed by atoms with van der Waals surface area (Å²) in [5.74, 6) is 0.615. The molecule has 1 unspecified atom stereocenters. The van der Waals surface area contributed by atoms with E-state index in [4.69, 9.17) is 4.42 Å². The van der Waals surface area contributed by atoms with Crippen LogP contribution in [0.2, 0.25) is 0 Å². The molecule has 8 nitrogen and oxygen atoms in total. The minimum atomic E-state index is -0.540. The van der Waals surface area contributed by atoms with Crippen molar-refractivity contribution in [2.24, 2.45) is 0 Å². The van der Waals surface area contributed by atoms with Gasteiger partial charge in [0.1, 0.15) is 17.4 Å². The van der Waals surface area contributed by atoms with Crippen molar-refractivity contribution in [2.45, 2.75) is 13.0 Å². The molecule has 3 heterocycles. The van der Waals surface area contributed by atoms with Gasteiger partial charge in [-0.25, -0.2) is 14.5 Å². The molecule has 3 N–H and O–H groups in total. The molecule has 8 heteroatoms. The highest BCUT2D eigenvalue weighted by Gasteiger charge is 2.31. The van der Waals surface area contributed by atoms with Gasteiger partial charge in [0.25, 0.3) is 0 Å². The van der Waals surface area contributed by atoms with Crippen molar-refractivity contribution in [2.75, 3.05) is 5.32 Å². The Labute approximate surface area is 165 Å². The average molecular weight is 387 g/mol. The van der Waals surface area contributed by atoms with Crippen LogP contribution in [0.3, 0.4) is 0 Å². The van der Waals surface area contributed by atoms with Gasteiger partial charge >= 0.3 is 12.1 Å². The van der Waals surface area contributed by atoms with Gasteiger partial charge in [0, 0.05) is 22.2 Å². The van der Waals surface area contributed by atoms with Crippen LogP contribution in [0.25, 0.3) is 21.9 Å². The maximum Gasteiger partial charge on any atom is 0.334 e. The first-order valence-electron chi connectivity index (χ1n) is 9.10. The summed E-state index contributed by atoms with van der Waals surface area (Å²) in [5.41, 5.74) is 2.70. The van der Waals surface area contributed by atoms with Gasteiger partial charge in [-0.3, -0.25) is 5.10 Å². The van der Waals surface area contributed by atoms with E-state index in [0.717, 1.165) is 26.8 Å². The van der Waals surface area contributed by atoms with E-state index in [1.54, 1.807) is 31.3 Å². The van der Waals surface area contributed by atoms with E-state index in [1.165, 1.54) is 0 Å². The predicted octanol–water partition coefficient (Wildman–Crippen LogP) is 4.51. The number of fused-ring (bicyclic) bond motifs is 2. The Balaban J connectivity index is 1.38. The molecule has 0 spiro atoms. The Morgan fingerprint density at radius 1 is 1.17 bits per heavy atom. The molecule has 4 amide bonds. The minimum absolute atomic E-state index is 0.443. The van der Waals surface area contributed by atoms with Gasteiger partial charge < -0.3 is 15.1 Å². The Morgan fingerprint density at radius 2 is 2.03 bits per heavy atom. The van der Waals surface area contributed by atoms with Crippen molar-refractivity contribution in [1.82, 2.24) is 20.4 Å². The van der Waals surface area contributed by atoms with E-state index in [1.807, 2.05) is 36.4 Å². The molecule has 2 aromatic carbocycles. The lowest BCUT2D eigenvalue weighted by atomic mass is 10.1. The molecule has 0 bridgehead atoms. The number of hydrogen-bond acceptors (Lipinski definition) is 4. The first-order valence-corrected chi connectivity index (χ1v) is 9.10. The number of rotatable bonds is 2. The number of imide groups is 1. The van der Waals surface area contributed by atoms with Gasteiger partial charge in [-0.15, -0.1) is 0 Å². The number of para-hydroxylation sites is 1. The third-order valence-electron chi connectivity index (χ3n) is 4.89. The number of amides is 4. The second-order valence-corrected chi connectivity index (χ2v) is 6.86. The highest BCUT2D eigenvalue weighted by molar-refractivity contribution is 6.03. The van der Waals surface area contributed by atoms with E-state index in [2.05, 4.69) is 20.8 Å². The number of carbonyl (C=O) groups is 2. The third-order valence-corrected chi connectivity index (χ3v) is 4.89. The SMILES string of the molecule is CC1=CC(c2cc3ccccc3o2)NC(=O)N1C(=O)Nc1ccc2[nH]ncc2c1. The summed E-state index contributed by atoms with van der Waals surface area (Å²) in [6.45, 7) is 1.72. The number of anilines is 1. The number of nitrogens with one attached hydrogen (secondary N) is 3. The Hall–Kier alpha value is -4.07. The summed E-state index contributed by atoms with van der Waals surface area (Å²) < 4.78 is 5.84. The van der Waals surface area contributed by atoms with Crippen LogP contribution in [-0.4, -0.2) is 27.2 Å². The lowest BCUT2D eigenvalue weighted by Gasteiger charge is -2.29. The number of aromatic amines is 1. The predicted molar refractivity (Wildman–Crippen MR) is 108 cm³/mol. The van der Waals surface area contributed by atoms with Crippen LogP contribution < -0.4 is 10.6 Å². The molecule has 29 heavy (non-hydrogen) atoms. The molecule has 0 saturated heterocycles. The van der Waals surface area contributed by atoms with Crippen molar-refractivity contribution < 1.29 is 14.0 Å². The number of benzene rings is 2. The van der Waals surface area contributed by atoms with Crippen LogP contribution in [0.5, 0.6) is 0 Å². The van der Waals surface area contributed by atoms with Crippen LogP contribution in [0.1, 0.15) is 18.7 Å². The largest absolute Gasteiger partial charge is 0.459 e. The Bertz CT molecular complexity index is 1250. The number of furan rings is 1. The number of carbonyl (C=O) groups excluding carboxylic acids is 2. The van der Waals surface area contributed by atoms with E-state index < -0.39 is 18.1 Å². The molecule has 1 aliphatic rings. The number of urea groups is 2. The van der Waals surface area contributed by atoms with Crippen molar-refractivity contribution in [1.29, 1.82) is 0 Å². The number of nitrogens with zero attached hydrogens (tertiary/aromatic N) is 2. The zero-order valence-corrected chi connectivity index (χ0v) is 15.5. The van der Waals surface area contributed by atoms with Crippen molar-refractivity contribution in [3.63, 3.8) is 0 Å². The molecule has 1 aliphatic heterocycles. The number of hydrogen-bond donors (Lipinski definition) is 3. The van der Waals surface area contributed by atoms with E-state index in [9.17, 15) is 9.59 Å². The first kappa shape index (κ1) is 17.1. The van der Waals surface area contributed by atoms with Crippen molar-refractivity contribution >= 4 is 39.6 Å². The summed E-state index contributed by atoms with van der Waals surface area (Å²) in [7, 11) is 0. The Kier molecular flexibility index (Phi) is 3.83. The molecule has 0 fully saturated rings. The van der Waals surface area contributed by atoms with Crippen LogP contribution in [-0.2, 0) is 0 Å². The maximum atomic E-state index is 12.7. The fraction of sp³-hybridized carbons (Fsp3) is 0.0952. The van der Waals surface area contributed by atoms with Gasteiger partial charge in [0.2, 0.25) is 0 Å². The smallest absolute Gasteiger partial charge is 0.334 e. The highest BCUT2D eigenvalue weighted by Crippen LogP contribution is 2.28. The summed E-state index contributed by atoms with van der Waals surface area (Å²) in [6.07, 6.45) is 3.46. The third kappa shape index (κ3) is 3.00. The first-order chi connectivity index (χ1) is 14.1. The molecular weight excluding hydrogens is 370 g/mol. The van der Waals surface area contributed by atoms with Crippen molar-refractivity contribution in [3.8, 4) is 0 Å². The second-order valence-electron chi connectivity index (χ2n) is 6.86. The summed E-state index contributed by atoms with van der Waals surface area (Å²) in [6, 6.07) is 13.4. The fourth-order valence-corrected chi connectivity index (χ4v) is 3.48. The quantitative estimate of drug-likeness (QED) is 0.471. The normalized spacial score (nSPS) is 16.7. The molecule has 2 aromatic heterocycles. The lowest BCUT2D eigenvalue weighted by Crippen LogP contribution is -2.48. The molecule has 5 rings (SSSR count). The van der Waals surface area contributed by atoms with Crippen molar-refractivity contribution in [3.05, 3.63) is 72.3 Å². The standard InChI is InChI=1S/C21H17N5O3/c1-12-8-17(19-10-13-4-2-3-5-18(13)29-19)24-21(28)26(12)20(27)23-15-6-7-16-14(9-15)11-22-25-16/h2-11,17H,1H3,(H,22,25)(H,23,27)(H,24,28). The summed E-state index contributed by atoms with van der Waals surface area (Å²) >= 11 is 0. The topological polar surface area (TPSA) is 103 Å². The van der Waals surface area contributed by atoms with Gasteiger partial charge in [-0.2, -0.15) is 5.10 Å². The average Bonchev–Trinajstić information content (AvgIpc) is 3.33. The maximum absolute atomic E-state index is 12.7. The lowest BCUT2D eigenvalue weighted by molar-refractivity contribution is 0.197. The number of aromatic nitrogens is 2. The summed E-state index contributed by atoms with van der Waals surface area (Å²) in [4.78, 5) is 26.4. The number of H-pyrrole nitrogens is 1. The zero-order chi connectivity index (χ0) is 20.0. The van der Waals surface area contributed by atoms with Gasteiger partial charge in [-0.05, 0) is 43.3 Å². The molecular formula is C21H17N5O3. The zero-order valence-electron chi connectivity index (χ0n) is 15.5. The minimum Gasteiger partial charge on any atom is -0.459 e. The van der Waals surface area contributed by atoms with Crippen LogP contribution in [0.4, 0.5) is 15.3 Å². The van der Waals surface area contributed by atoms with Crippen LogP contribution in [0.15, 0.2) is 70.9 Å². The van der Waals surface area contributed by atoms with Crippen LogP contribution >= 0.6 is 0 Å². The monoisotopic (exact) mass is 387 g/mol. The summed E-state index contributed by atoms with van der Waals surface area (Å²) in [5, 5.41) is 14.2. The molecule has 4 aromatic rings. The molecule has 0 aliphatic carbocycles. The molecule has 1 atom stereocenters.